The molecule has 0 atom stereocenters. The molecule has 0 aliphatic heterocycles. The van der Waals surface area contributed by atoms with Crippen LogP contribution in [-0.4, -0.2) is 0 Å². The highest BCUT2D eigenvalue weighted by Crippen LogP contribution is 2.70. The van der Waals surface area contributed by atoms with Gasteiger partial charge in [-0.3, -0.25) is 0 Å². The summed E-state index contributed by atoms with van der Waals surface area (Å²) in [6, 6.07) is 52.8. The summed E-state index contributed by atoms with van der Waals surface area (Å²) in [7, 11) is 0. The maximum atomic E-state index is 2.52. The van der Waals surface area contributed by atoms with Crippen molar-refractivity contribution in [2.45, 2.75) is 37.5 Å². The Bertz CT molecular complexity index is 2340. The van der Waals surface area contributed by atoms with E-state index in [1.54, 1.807) is 11.1 Å². The van der Waals surface area contributed by atoms with Crippen LogP contribution in [-0.2, 0) is 5.41 Å². The van der Waals surface area contributed by atoms with Crippen molar-refractivity contribution in [3.05, 3.63) is 151 Å². The second-order valence-electron chi connectivity index (χ2n) is 14.9. The average Bonchev–Trinajstić information content (AvgIpc) is 3.65. The molecular formula is C46H37NS. The van der Waals surface area contributed by atoms with Crippen LogP contribution in [0.2, 0.25) is 0 Å². The van der Waals surface area contributed by atoms with E-state index >= 15 is 0 Å². The second kappa shape index (κ2) is 10.2. The molecule has 1 nitrogen and oxygen atoms in total. The highest BCUT2D eigenvalue weighted by atomic mass is 32.1. The van der Waals surface area contributed by atoms with Crippen LogP contribution in [0.25, 0.3) is 42.4 Å². The first-order chi connectivity index (χ1) is 23.8. The third kappa shape index (κ3) is 3.73. The van der Waals surface area contributed by atoms with E-state index in [1.807, 2.05) is 11.3 Å². The van der Waals surface area contributed by atoms with Crippen molar-refractivity contribution in [1.82, 2.24) is 0 Å². The highest BCUT2D eigenvalue weighted by molar-refractivity contribution is 7.25. The minimum Gasteiger partial charge on any atom is -0.310 e. The van der Waals surface area contributed by atoms with Gasteiger partial charge in [0.15, 0.2) is 0 Å². The van der Waals surface area contributed by atoms with Crippen molar-refractivity contribution in [1.29, 1.82) is 0 Å². The Labute approximate surface area is 286 Å². The van der Waals surface area contributed by atoms with E-state index < -0.39 is 0 Å². The first-order valence-electron chi connectivity index (χ1n) is 17.9. The molecule has 6 aromatic carbocycles. The van der Waals surface area contributed by atoms with E-state index in [0.717, 1.165) is 23.7 Å². The topological polar surface area (TPSA) is 3.24 Å². The summed E-state index contributed by atoms with van der Waals surface area (Å²) < 4.78 is 2.70. The molecule has 1 spiro atoms. The molecule has 0 unspecified atom stereocenters. The summed E-state index contributed by atoms with van der Waals surface area (Å²) in [5.41, 5.74) is 12.5. The summed E-state index contributed by atoms with van der Waals surface area (Å²) in [4.78, 5) is 2.52. The van der Waals surface area contributed by atoms with Crippen molar-refractivity contribution in [2.24, 2.45) is 23.7 Å². The normalized spacial score (nSPS) is 24.8. The minimum absolute atomic E-state index is 0.160. The molecule has 232 valence electrons. The van der Waals surface area contributed by atoms with Gasteiger partial charge in [0.05, 0.1) is 5.69 Å². The van der Waals surface area contributed by atoms with E-state index in [4.69, 9.17) is 0 Å². The lowest BCUT2D eigenvalue weighted by molar-refractivity contribution is -0.0399. The Morgan fingerprint density at radius 1 is 0.500 bits per heavy atom. The fourth-order valence-electron chi connectivity index (χ4n) is 11.1. The molecule has 1 heterocycles. The molecule has 1 aromatic heterocycles. The smallest absolute Gasteiger partial charge is 0.0543 e. The van der Waals surface area contributed by atoms with Crippen molar-refractivity contribution in [3.8, 4) is 22.3 Å². The monoisotopic (exact) mass is 635 g/mol. The zero-order valence-corrected chi connectivity index (χ0v) is 27.8. The number of hydrogen-bond donors (Lipinski definition) is 0. The predicted octanol–water partition coefficient (Wildman–Crippen LogP) is 12.9. The predicted molar refractivity (Wildman–Crippen MR) is 203 cm³/mol. The molecule has 2 heteroatoms. The van der Waals surface area contributed by atoms with E-state index in [0.29, 0.717) is 0 Å². The summed E-state index contributed by atoms with van der Waals surface area (Å²) >= 11 is 1.89. The molecule has 4 saturated carbocycles. The Kier molecular flexibility index (Phi) is 5.79. The third-order valence-electron chi connectivity index (χ3n) is 12.6. The lowest BCUT2D eigenvalue weighted by Gasteiger charge is -2.61. The van der Waals surface area contributed by atoms with Crippen LogP contribution in [0.1, 0.15) is 43.2 Å². The van der Waals surface area contributed by atoms with E-state index in [-0.39, 0.29) is 5.41 Å². The molecule has 4 fully saturated rings. The van der Waals surface area contributed by atoms with Crippen molar-refractivity contribution >= 4 is 48.6 Å². The fraction of sp³-hybridized carbons (Fsp3) is 0.217. The number of hydrogen-bond acceptors (Lipinski definition) is 2. The summed E-state index contributed by atoms with van der Waals surface area (Å²) in [6.07, 6.45) is 7.10. The Morgan fingerprint density at radius 3 is 1.96 bits per heavy atom. The average molecular weight is 636 g/mol. The number of thiophene rings is 1. The zero-order valence-electron chi connectivity index (χ0n) is 27.0. The summed E-state index contributed by atoms with van der Waals surface area (Å²) in [6.45, 7) is 0. The molecule has 0 N–H and O–H groups in total. The lowest BCUT2D eigenvalue weighted by Crippen LogP contribution is -2.55. The number of benzene rings is 6. The van der Waals surface area contributed by atoms with Gasteiger partial charge in [0.25, 0.3) is 0 Å². The quantitative estimate of drug-likeness (QED) is 0.186. The highest BCUT2D eigenvalue weighted by Gasteiger charge is 2.61. The molecule has 5 aliphatic carbocycles. The van der Waals surface area contributed by atoms with Crippen LogP contribution in [0, 0.1) is 23.7 Å². The zero-order chi connectivity index (χ0) is 31.4. The number of nitrogens with zero attached hydrogens (tertiary/aromatic N) is 1. The van der Waals surface area contributed by atoms with E-state index in [2.05, 4.69) is 144 Å². The Hall–Kier alpha value is -4.66. The van der Waals surface area contributed by atoms with Gasteiger partial charge < -0.3 is 4.90 Å². The number of anilines is 3. The Balaban J connectivity index is 1.06. The van der Waals surface area contributed by atoms with Crippen molar-refractivity contribution in [3.63, 3.8) is 0 Å². The molecule has 0 radical (unpaired) electrons. The molecule has 12 rings (SSSR count). The van der Waals surface area contributed by atoms with Gasteiger partial charge in [-0.2, -0.15) is 0 Å². The summed E-state index contributed by atoms with van der Waals surface area (Å²) in [5, 5.41) is 2.70. The molecule has 5 aliphatic rings. The third-order valence-corrected chi connectivity index (χ3v) is 13.8. The van der Waals surface area contributed by atoms with Crippen LogP contribution >= 0.6 is 11.3 Å². The minimum atomic E-state index is 0.160. The van der Waals surface area contributed by atoms with Gasteiger partial charge in [-0.05, 0) is 126 Å². The van der Waals surface area contributed by atoms with Crippen LogP contribution < -0.4 is 4.90 Å². The van der Waals surface area contributed by atoms with Crippen molar-refractivity contribution < 1.29 is 0 Å². The van der Waals surface area contributed by atoms with Crippen molar-refractivity contribution in [2.75, 3.05) is 4.90 Å². The maximum absolute atomic E-state index is 2.52. The van der Waals surface area contributed by atoms with E-state index in [1.165, 1.54) is 91.6 Å². The van der Waals surface area contributed by atoms with E-state index in [9.17, 15) is 0 Å². The molecule has 48 heavy (non-hydrogen) atoms. The van der Waals surface area contributed by atoms with Crippen LogP contribution in [0.5, 0.6) is 0 Å². The lowest BCUT2D eigenvalue weighted by atomic mass is 9.43. The van der Waals surface area contributed by atoms with Gasteiger partial charge in [0, 0.05) is 42.5 Å². The largest absolute Gasteiger partial charge is 0.310 e. The first kappa shape index (κ1) is 27.3. The number of para-hydroxylation sites is 1. The maximum Gasteiger partial charge on any atom is 0.0543 e. The van der Waals surface area contributed by atoms with Crippen LogP contribution in [0.15, 0.2) is 140 Å². The second-order valence-corrected chi connectivity index (χ2v) is 16.0. The molecule has 7 aromatic rings. The van der Waals surface area contributed by atoms with Gasteiger partial charge in [-0.15, -0.1) is 11.3 Å². The molecule has 4 bridgehead atoms. The molecule has 0 saturated heterocycles. The van der Waals surface area contributed by atoms with Gasteiger partial charge in [0.1, 0.15) is 0 Å². The standard InChI is InChI=1S/C46H37NS/c1-2-9-35(10-3-1)47(36-20-17-31(18-21-36)32-19-22-38-37-11-5-7-16-43(37)48-44(38)28-32)42-15-8-14-41-45(42)39-12-4-6-13-40(39)46(41)33-24-29-23-30(26-33)27-34(46)25-29/h1-22,28-30,33-34H,23-27H2. The first-order valence-corrected chi connectivity index (χ1v) is 18.7. The van der Waals surface area contributed by atoms with Crippen LogP contribution in [0.3, 0.4) is 0 Å². The number of fused-ring (bicyclic) bond motifs is 6. The SMILES string of the molecule is c1ccc(N(c2ccc(-c3ccc4c(c3)sc3ccccc34)cc2)c2cccc3c2-c2ccccc2C32C3CC4CC(C3)CC2C4)cc1. The van der Waals surface area contributed by atoms with Gasteiger partial charge in [-0.1, -0.05) is 97.1 Å². The van der Waals surface area contributed by atoms with Gasteiger partial charge >= 0.3 is 0 Å². The van der Waals surface area contributed by atoms with Gasteiger partial charge in [0.2, 0.25) is 0 Å². The molecular weight excluding hydrogens is 599 g/mol. The molecule has 0 amide bonds. The fourth-order valence-corrected chi connectivity index (χ4v) is 12.2. The van der Waals surface area contributed by atoms with Gasteiger partial charge in [-0.25, -0.2) is 0 Å². The van der Waals surface area contributed by atoms with Crippen LogP contribution in [0.4, 0.5) is 17.1 Å². The number of rotatable bonds is 4. The Morgan fingerprint density at radius 2 is 1.15 bits per heavy atom. The summed E-state index contributed by atoms with van der Waals surface area (Å²) in [5.74, 6) is 3.40.